The molecule has 2 unspecified atom stereocenters. The van der Waals surface area contributed by atoms with E-state index in [1.165, 1.54) is 16.8 Å². The predicted octanol–water partition coefficient (Wildman–Crippen LogP) is 1.67. The molecule has 0 radical (unpaired) electrons. The van der Waals surface area contributed by atoms with Gasteiger partial charge in [-0.1, -0.05) is 12.1 Å². The molecule has 3 aliphatic rings. The van der Waals surface area contributed by atoms with Gasteiger partial charge in [0.25, 0.3) is 5.91 Å². The normalized spacial score (nSPS) is 23.9. The average molecular weight is 568 g/mol. The summed E-state index contributed by atoms with van der Waals surface area (Å²) in [5, 5.41) is 11.4. The molecule has 40 heavy (non-hydrogen) atoms. The summed E-state index contributed by atoms with van der Waals surface area (Å²) in [6.45, 7) is 0. The third kappa shape index (κ3) is 4.13. The second kappa shape index (κ2) is 9.06. The van der Waals surface area contributed by atoms with Crippen LogP contribution in [0.15, 0.2) is 34.3 Å². The van der Waals surface area contributed by atoms with Crippen LogP contribution in [0.1, 0.15) is 55.7 Å². The van der Waals surface area contributed by atoms with E-state index in [1.54, 1.807) is 17.0 Å². The van der Waals surface area contributed by atoms with Crippen LogP contribution >= 0.6 is 0 Å². The average Bonchev–Trinajstić information content (AvgIpc) is 3.39. The fourth-order valence-electron chi connectivity index (χ4n) is 6.36. The van der Waals surface area contributed by atoms with Crippen molar-refractivity contribution in [1.82, 2.24) is 19.5 Å². The summed E-state index contributed by atoms with van der Waals surface area (Å²) in [5.74, 6) is -1.49. The molecular formula is C26H30FN9O3S. The molecule has 2 aliphatic heterocycles. The molecular weight excluding hydrogens is 537 g/mol. The number of nitrogens with one attached hydrogen (secondary N) is 1. The van der Waals surface area contributed by atoms with Crippen LogP contribution in [0.25, 0.3) is 16.8 Å². The van der Waals surface area contributed by atoms with Crippen molar-refractivity contribution in [1.29, 1.82) is 5.41 Å². The third-order valence-corrected chi connectivity index (χ3v) is 9.58. The van der Waals surface area contributed by atoms with E-state index < -0.39 is 27.1 Å². The van der Waals surface area contributed by atoms with Crippen LogP contribution in [0.5, 0.6) is 0 Å². The molecule has 3 aromatic rings. The zero-order valence-corrected chi connectivity index (χ0v) is 22.7. The Bertz CT molecular complexity index is 1700. The minimum atomic E-state index is -3.81. The number of halogens is 1. The van der Waals surface area contributed by atoms with Crippen LogP contribution in [0.2, 0.25) is 0 Å². The summed E-state index contributed by atoms with van der Waals surface area (Å²) in [4.78, 5) is 23.0. The first kappa shape index (κ1) is 26.3. The Morgan fingerprint density at radius 3 is 2.50 bits per heavy atom. The first-order valence-corrected chi connectivity index (χ1v) is 14.9. The number of rotatable bonds is 5. The first-order chi connectivity index (χ1) is 18.9. The van der Waals surface area contributed by atoms with Crippen molar-refractivity contribution in [2.45, 2.75) is 67.0 Å². The molecule has 4 heterocycles. The number of nitrogens with two attached hydrogens (primary N) is 3. The van der Waals surface area contributed by atoms with Crippen molar-refractivity contribution in [3.05, 3.63) is 41.5 Å². The van der Waals surface area contributed by atoms with E-state index in [0.717, 1.165) is 38.3 Å². The molecule has 2 bridgehead atoms. The largest absolute Gasteiger partial charge is 0.382 e. The number of hydrogen-bond acceptors (Lipinski definition) is 8. The molecule has 1 aromatic carbocycles. The number of sulfone groups is 1. The summed E-state index contributed by atoms with van der Waals surface area (Å²) in [5.41, 5.74) is 19.9. The van der Waals surface area contributed by atoms with Crippen molar-refractivity contribution < 1.29 is 17.6 Å². The van der Waals surface area contributed by atoms with Gasteiger partial charge in [0.2, 0.25) is 0 Å². The number of amidine groups is 1. The summed E-state index contributed by atoms with van der Waals surface area (Å²) < 4.78 is 42.3. The quantitative estimate of drug-likeness (QED) is 0.263. The fourth-order valence-corrected chi connectivity index (χ4v) is 7.42. The van der Waals surface area contributed by atoms with E-state index in [1.807, 2.05) is 0 Å². The van der Waals surface area contributed by atoms with E-state index in [2.05, 4.69) is 10.1 Å². The highest BCUT2D eigenvalue weighted by Gasteiger charge is 2.46. The number of piperidine rings is 1. The molecule has 7 N–H and O–H groups in total. The smallest absolute Gasteiger partial charge is 0.289 e. The van der Waals surface area contributed by atoms with Crippen LogP contribution in [-0.4, -0.2) is 64.3 Å². The molecule has 1 aliphatic carbocycles. The number of carbonyl (C=O) groups is 1. The standard InChI is InChI=1S/C26H30FN9O3S/c1-40(38,39)21-20(14-8-15-3-4-16(9-14)35(15)25(37)22(29)32-12-28)34-24-17(11-33-36(24)23(21)30)13-2-5-18(19(27)10-13)26(31)6-7-26/h2,5,10-12,14-16H,3-4,6-9,30-31H2,1H3,(H3,28,29,32). The SMILES string of the molecule is CS(=O)(=O)c1c(C2CC3CCC(C2)N3C(=O)C(N)=NC=N)nc2c(-c3ccc(C4(N)CC4)c(F)c3)cnn2c1N. The second-order valence-corrected chi connectivity index (χ2v) is 13.0. The Balaban J connectivity index is 1.43. The first-order valence-electron chi connectivity index (χ1n) is 13.0. The van der Waals surface area contributed by atoms with Crippen molar-refractivity contribution in [3.63, 3.8) is 0 Å². The number of aromatic nitrogens is 3. The van der Waals surface area contributed by atoms with Crippen molar-refractivity contribution >= 4 is 39.4 Å². The number of fused-ring (bicyclic) bond motifs is 3. The molecule has 0 spiro atoms. The van der Waals surface area contributed by atoms with Crippen molar-refractivity contribution in [2.24, 2.45) is 16.5 Å². The highest BCUT2D eigenvalue weighted by atomic mass is 32.2. The molecule has 2 saturated heterocycles. The van der Waals surface area contributed by atoms with Crippen LogP contribution in [-0.2, 0) is 20.2 Å². The number of aliphatic imine (C=N–C) groups is 1. The second-order valence-electron chi connectivity index (χ2n) is 11.0. The molecule has 210 valence electrons. The van der Waals surface area contributed by atoms with Gasteiger partial charge in [-0.15, -0.1) is 0 Å². The Hall–Kier alpha value is -3.91. The maximum atomic E-state index is 15.1. The number of anilines is 1. The van der Waals surface area contributed by atoms with Crippen LogP contribution in [0, 0.1) is 11.2 Å². The van der Waals surface area contributed by atoms with Gasteiger partial charge in [0.15, 0.2) is 21.3 Å². The summed E-state index contributed by atoms with van der Waals surface area (Å²) in [6, 6.07) is 4.44. The third-order valence-electron chi connectivity index (χ3n) is 8.42. The monoisotopic (exact) mass is 567 g/mol. The summed E-state index contributed by atoms with van der Waals surface area (Å²) in [7, 11) is -3.81. The number of benzene rings is 1. The van der Waals surface area contributed by atoms with E-state index in [-0.39, 0.29) is 34.6 Å². The Kier molecular flexibility index (Phi) is 5.96. The highest BCUT2D eigenvalue weighted by Crippen LogP contribution is 2.46. The lowest BCUT2D eigenvalue weighted by atomic mass is 9.87. The number of nitrogen functional groups attached to an aromatic ring is 1. The molecule has 14 heteroatoms. The van der Waals surface area contributed by atoms with Crippen molar-refractivity contribution in [3.8, 4) is 11.1 Å². The van der Waals surface area contributed by atoms with Gasteiger partial charge in [-0.25, -0.2) is 22.8 Å². The zero-order valence-electron chi connectivity index (χ0n) is 21.8. The van der Waals surface area contributed by atoms with Gasteiger partial charge in [0.05, 0.1) is 11.9 Å². The van der Waals surface area contributed by atoms with Gasteiger partial charge < -0.3 is 22.1 Å². The molecule has 2 atom stereocenters. The highest BCUT2D eigenvalue weighted by molar-refractivity contribution is 7.91. The number of hydrogen-bond donors (Lipinski definition) is 4. The van der Waals surface area contributed by atoms with Gasteiger partial charge in [-0.2, -0.15) is 9.61 Å². The molecule has 3 fully saturated rings. The van der Waals surface area contributed by atoms with Gasteiger partial charge >= 0.3 is 0 Å². The maximum Gasteiger partial charge on any atom is 0.289 e. The lowest BCUT2D eigenvalue weighted by Crippen LogP contribution is -2.50. The van der Waals surface area contributed by atoms with Gasteiger partial charge in [0, 0.05) is 40.9 Å². The van der Waals surface area contributed by atoms with E-state index in [0.29, 0.717) is 40.9 Å². The molecule has 6 rings (SSSR count). The minimum Gasteiger partial charge on any atom is -0.382 e. The van der Waals surface area contributed by atoms with Crippen LogP contribution in [0.3, 0.4) is 0 Å². The Morgan fingerprint density at radius 2 is 1.93 bits per heavy atom. The topological polar surface area (TPSA) is 199 Å². The van der Waals surface area contributed by atoms with E-state index >= 15 is 4.39 Å². The lowest BCUT2D eigenvalue weighted by molar-refractivity contribution is -0.128. The number of nitrogens with zero attached hydrogens (tertiary/aromatic N) is 5. The maximum absolute atomic E-state index is 15.1. The summed E-state index contributed by atoms with van der Waals surface area (Å²) in [6.07, 6.45) is 7.11. The minimum absolute atomic E-state index is 0.0713. The van der Waals surface area contributed by atoms with Crippen molar-refractivity contribution in [2.75, 3.05) is 12.0 Å². The van der Waals surface area contributed by atoms with Crippen LogP contribution in [0.4, 0.5) is 10.2 Å². The molecule has 1 saturated carbocycles. The Morgan fingerprint density at radius 1 is 1.25 bits per heavy atom. The number of amides is 1. The Labute approximate surface area is 229 Å². The molecule has 2 aromatic heterocycles. The van der Waals surface area contributed by atoms with E-state index in [9.17, 15) is 13.2 Å². The predicted molar refractivity (Wildman–Crippen MR) is 147 cm³/mol. The zero-order chi connectivity index (χ0) is 28.6. The lowest BCUT2D eigenvalue weighted by Gasteiger charge is -2.39. The summed E-state index contributed by atoms with van der Waals surface area (Å²) >= 11 is 0. The van der Waals surface area contributed by atoms with Gasteiger partial charge in [0.1, 0.15) is 22.9 Å². The molecule has 1 amide bonds. The van der Waals surface area contributed by atoms with Gasteiger partial charge in [-0.3, -0.25) is 10.2 Å². The fraction of sp³-hybridized carbons (Fsp3) is 0.423. The molecule has 12 nitrogen and oxygen atoms in total. The van der Waals surface area contributed by atoms with E-state index in [4.69, 9.17) is 27.6 Å². The van der Waals surface area contributed by atoms with Crippen LogP contribution < -0.4 is 17.2 Å². The van der Waals surface area contributed by atoms with Gasteiger partial charge in [-0.05, 0) is 50.2 Å². The number of carbonyl (C=O) groups excluding carboxylic acids is 1.